The van der Waals surface area contributed by atoms with Gasteiger partial charge in [-0.05, 0) is 12.2 Å². The second-order valence-electron chi connectivity index (χ2n) is 1.72. The van der Waals surface area contributed by atoms with E-state index >= 15 is 0 Å². The average molecular weight is 169 g/mol. The summed E-state index contributed by atoms with van der Waals surface area (Å²) >= 11 is 4.75. The maximum atomic E-state index is 5.42. The summed E-state index contributed by atoms with van der Waals surface area (Å²) in [7, 11) is 0. The molecule has 1 aromatic heterocycles. The van der Waals surface area contributed by atoms with E-state index in [1.165, 1.54) is 18.9 Å². The minimum atomic E-state index is 0.328. The fraction of sp³-hybridized carbons (Fsp3) is 0. The van der Waals surface area contributed by atoms with Crippen LogP contribution < -0.4 is 5.73 Å². The van der Waals surface area contributed by atoms with Crippen molar-refractivity contribution in [2.45, 2.75) is 0 Å². The van der Waals surface area contributed by atoms with E-state index in [9.17, 15) is 0 Å². The predicted molar refractivity (Wildman–Crippen MR) is 43.6 cm³/mol. The van der Waals surface area contributed by atoms with E-state index in [-0.39, 0.29) is 0 Å². The zero-order valence-corrected chi connectivity index (χ0v) is 6.43. The summed E-state index contributed by atoms with van der Waals surface area (Å²) in [6, 6.07) is 0. The molecule has 1 heterocycles. The van der Waals surface area contributed by atoms with Gasteiger partial charge in [0.15, 0.2) is 4.77 Å². The Bertz CT molecular complexity index is 326. The molecular formula is C5H7N5S. The van der Waals surface area contributed by atoms with Crippen LogP contribution in [-0.2, 0) is 0 Å². The number of hydrogen-bond acceptors (Lipinski definition) is 4. The molecule has 0 saturated heterocycles. The van der Waals surface area contributed by atoms with Gasteiger partial charge < -0.3 is 15.7 Å². The van der Waals surface area contributed by atoms with E-state index in [0.29, 0.717) is 10.6 Å². The maximum absolute atomic E-state index is 5.42. The number of aromatic nitrogens is 4. The van der Waals surface area contributed by atoms with E-state index in [4.69, 9.17) is 18.0 Å². The van der Waals surface area contributed by atoms with Crippen LogP contribution in [0.2, 0.25) is 0 Å². The first-order valence-corrected chi connectivity index (χ1v) is 3.27. The van der Waals surface area contributed by atoms with Gasteiger partial charge in [0, 0.05) is 6.20 Å². The largest absolute Gasteiger partial charge is 0.384 e. The Hall–Kier alpha value is -1.43. The topological polar surface area (TPSA) is 83.4 Å². The van der Waals surface area contributed by atoms with E-state index in [2.05, 4.69) is 19.9 Å². The van der Waals surface area contributed by atoms with Gasteiger partial charge in [0.05, 0.1) is 6.33 Å². The average Bonchev–Trinajstić information content (AvgIpc) is 2.06. The molecule has 1 rings (SSSR count). The lowest BCUT2D eigenvalue weighted by Crippen LogP contribution is -1.85. The van der Waals surface area contributed by atoms with Gasteiger partial charge >= 0.3 is 0 Å². The lowest BCUT2D eigenvalue weighted by Gasteiger charge is -1.81. The molecule has 6 heteroatoms. The minimum absolute atomic E-state index is 0.328. The van der Waals surface area contributed by atoms with Crippen molar-refractivity contribution in [1.82, 2.24) is 19.9 Å². The molecule has 0 aliphatic rings. The number of nitrogens with one attached hydrogen (secondary N) is 2. The van der Waals surface area contributed by atoms with Crippen molar-refractivity contribution in [1.29, 1.82) is 0 Å². The van der Waals surface area contributed by atoms with Crippen LogP contribution in [0.15, 0.2) is 18.9 Å². The Morgan fingerprint density at radius 2 is 2.27 bits per heavy atom. The van der Waals surface area contributed by atoms with Gasteiger partial charge in [-0.25, -0.2) is 9.97 Å². The monoisotopic (exact) mass is 169 g/mol. The Morgan fingerprint density at radius 1 is 1.45 bits per heavy atom. The van der Waals surface area contributed by atoms with Gasteiger partial charge in [-0.2, -0.15) is 0 Å². The van der Waals surface area contributed by atoms with Crippen molar-refractivity contribution in [2.24, 2.45) is 0 Å². The van der Waals surface area contributed by atoms with Gasteiger partial charge in [0.2, 0.25) is 0 Å². The third-order valence-corrected chi connectivity index (χ3v) is 1.12. The van der Waals surface area contributed by atoms with Crippen LogP contribution in [0.25, 0.3) is 0 Å². The fourth-order valence-corrected chi connectivity index (χ4v) is 0.555. The van der Waals surface area contributed by atoms with Crippen molar-refractivity contribution >= 4 is 18.0 Å². The molecule has 0 spiro atoms. The molecule has 1 aromatic rings. The number of rotatable bonds is 0. The summed E-state index contributed by atoms with van der Waals surface area (Å²) in [5.74, 6) is 0.432. The molecule has 0 atom stereocenters. The van der Waals surface area contributed by atoms with E-state index in [1.807, 2.05) is 0 Å². The Kier molecular flexibility index (Phi) is 2.56. The van der Waals surface area contributed by atoms with Crippen LogP contribution in [0.4, 0.5) is 5.82 Å². The second kappa shape index (κ2) is 3.67. The Labute approximate surface area is 68.0 Å². The molecule has 0 amide bonds. The summed E-state index contributed by atoms with van der Waals surface area (Å²) in [5.41, 5.74) is 5.42. The van der Waals surface area contributed by atoms with E-state index < -0.39 is 0 Å². The van der Waals surface area contributed by atoms with Crippen LogP contribution in [-0.4, -0.2) is 19.9 Å². The molecule has 11 heavy (non-hydrogen) atoms. The quantitative estimate of drug-likeness (QED) is 0.496. The van der Waals surface area contributed by atoms with Crippen molar-refractivity contribution in [3.05, 3.63) is 23.6 Å². The minimum Gasteiger partial charge on any atom is -0.384 e. The van der Waals surface area contributed by atoms with E-state index in [0.717, 1.165) is 0 Å². The number of anilines is 1. The molecule has 0 aliphatic heterocycles. The third kappa shape index (κ3) is 2.76. The molecule has 0 aliphatic carbocycles. The molecule has 0 aromatic carbocycles. The fourth-order valence-electron chi connectivity index (χ4n) is 0.449. The number of aromatic amines is 2. The lowest BCUT2D eigenvalue weighted by atomic mass is 10.8. The molecule has 0 fully saturated rings. The molecule has 0 saturated carbocycles. The first-order valence-electron chi connectivity index (χ1n) is 2.86. The molecular weight excluding hydrogens is 162 g/mol. The maximum Gasteiger partial charge on any atom is 0.198 e. The van der Waals surface area contributed by atoms with Crippen LogP contribution >= 0.6 is 12.2 Å². The highest BCUT2D eigenvalue weighted by Crippen LogP contribution is 1.82. The Balaban J connectivity index is 3.34. The highest BCUT2D eigenvalue weighted by atomic mass is 32.1. The van der Waals surface area contributed by atoms with E-state index in [1.54, 1.807) is 0 Å². The molecule has 0 unspecified atom stereocenters. The first kappa shape index (κ1) is 7.67. The van der Waals surface area contributed by atoms with Crippen molar-refractivity contribution < 1.29 is 0 Å². The number of hydrogen-bond donors (Lipinski definition) is 3. The predicted octanol–water partition coefficient (Wildman–Crippen LogP) is 0.569. The first-order chi connectivity index (χ1) is 5.29. The third-order valence-electron chi connectivity index (χ3n) is 0.899. The summed E-state index contributed by atoms with van der Waals surface area (Å²) < 4.78 is 0.328. The zero-order valence-electron chi connectivity index (χ0n) is 5.61. The van der Waals surface area contributed by atoms with Crippen molar-refractivity contribution in [3.8, 4) is 0 Å². The summed E-state index contributed by atoms with van der Waals surface area (Å²) in [6.45, 7) is 0. The van der Waals surface area contributed by atoms with Gasteiger partial charge in [0.25, 0.3) is 0 Å². The summed E-state index contributed by atoms with van der Waals surface area (Å²) in [5, 5.41) is 0. The van der Waals surface area contributed by atoms with Crippen LogP contribution in [0.1, 0.15) is 0 Å². The number of nitrogens with zero attached hydrogens (tertiary/aromatic N) is 2. The van der Waals surface area contributed by atoms with Crippen LogP contribution in [0.5, 0.6) is 0 Å². The molecule has 5 nitrogen and oxygen atoms in total. The lowest BCUT2D eigenvalue weighted by molar-refractivity contribution is 1.12. The van der Waals surface area contributed by atoms with Crippen molar-refractivity contribution in [2.75, 3.05) is 5.73 Å². The Morgan fingerprint density at radius 3 is 3.09 bits per heavy atom. The number of nitrogens with two attached hydrogens (primary N) is 1. The number of H-pyrrole nitrogens is 2. The van der Waals surface area contributed by atoms with Gasteiger partial charge in [-0.3, -0.25) is 0 Å². The highest BCUT2D eigenvalue weighted by molar-refractivity contribution is 7.71. The van der Waals surface area contributed by atoms with Gasteiger partial charge in [-0.1, -0.05) is 0 Å². The normalized spacial score (nSPS) is 8.73. The highest BCUT2D eigenvalue weighted by Gasteiger charge is 1.73. The SMILES string of the molecule is Nc1c[nH]c(=S)ncnc[nH]1. The van der Waals surface area contributed by atoms with Gasteiger partial charge in [0.1, 0.15) is 12.1 Å². The molecule has 0 bridgehead atoms. The van der Waals surface area contributed by atoms with Crippen molar-refractivity contribution in [3.63, 3.8) is 0 Å². The molecule has 58 valence electrons. The summed E-state index contributed by atoms with van der Waals surface area (Å²) in [4.78, 5) is 12.8. The zero-order chi connectivity index (χ0) is 8.10. The van der Waals surface area contributed by atoms with Crippen LogP contribution in [0, 0.1) is 4.77 Å². The van der Waals surface area contributed by atoms with Crippen LogP contribution in [0.3, 0.4) is 0 Å². The summed E-state index contributed by atoms with van der Waals surface area (Å²) in [6.07, 6.45) is 4.26. The standard InChI is InChI=1S/C5H7N5S/c6-4-1-8-5(11)10-3-7-2-9-4/h1-3H,6H2,(H2,7,8,9,10,11). The molecule has 0 radical (unpaired) electrons. The van der Waals surface area contributed by atoms with Gasteiger partial charge in [-0.15, -0.1) is 0 Å². The second-order valence-corrected chi connectivity index (χ2v) is 2.10. The molecule has 4 N–H and O–H groups in total. The smallest absolute Gasteiger partial charge is 0.198 e. The number of nitrogen functional groups attached to an aromatic ring is 1.